The predicted octanol–water partition coefficient (Wildman–Crippen LogP) is 4.64. The van der Waals surface area contributed by atoms with Crippen LogP contribution in [0, 0.1) is 11.8 Å². The van der Waals surface area contributed by atoms with Crippen LogP contribution in [0.2, 0.25) is 5.02 Å². The molecule has 1 saturated carbocycles. The van der Waals surface area contributed by atoms with Gasteiger partial charge in [0.1, 0.15) is 0 Å². The van der Waals surface area contributed by atoms with Crippen LogP contribution in [0.15, 0.2) is 24.3 Å². The van der Waals surface area contributed by atoms with Crippen LogP contribution in [0.4, 0.5) is 0 Å². The van der Waals surface area contributed by atoms with E-state index in [0.29, 0.717) is 11.5 Å². The Morgan fingerprint density at radius 3 is 2.21 bits per heavy atom. The van der Waals surface area contributed by atoms with Gasteiger partial charge < -0.3 is 5.32 Å². The fraction of sp³-hybridized carbons (Fsp3) is 0.647. The second-order valence-corrected chi connectivity index (χ2v) is 7.17. The summed E-state index contributed by atoms with van der Waals surface area (Å²) in [7, 11) is 0. The molecule has 19 heavy (non-hydrogen) atoms. The molecule has 0 atom stereocenters. The van der Waals surface area contributed by atoms with Gasteiger partial charge in [-0.15, -0.1) is 0 Å². The van der Waals surface area contributed by atoms with E-state index in [1.54, 1.807) is 0 Å². The highest BCUT2D eigenvalue weighted by Crippen LogP contribution is 2.50. The number of rotatable bonds is 5. The summed E-state index contributed by atoms with van der Waals surface area (Å²) in [5.74, 6) is 1.66. The Hall–Kier alpha value is -0.530. The van der Waals surface area contributed by atoms with Gasteiger partial charge in [0.05, 0.1) is 0 Å². The maximum absolute atomic E-state index is 6.01. The third kappa shape index (κ3) is 3.32. The zero-order valence-electron chi connectivity index (χ0n) is 12.5. The molecule has 2 rings (SSSR count). The Morgan fingerprint density at radius 1 is 1.16 bits per heavy atom. The van der Waals surface area contributed by atoms with Crippen molar-refractivity contribution in [3.8, 4) is 0 Å². The van der Waals surface area contributed by atoms with Crippen LogP contribution >= 0.6 is 11.6 Å². The standard InChI is InChI=1S/C17H26ClN/c1-12(2)14-9-17(10-14,11-19-13(3)4)15-5-7-16(18)8-6-15/h5-8,12-14,19H,9-11H2,1-4H3. The summed E-state index contributed by atoms with van der Waals surface area (Å²) in [5.41, 5.74) is 1.77. The molecule has 0 saturated heterocycles. The Kier molecular flexibility index (Phi) is 4.58. The summed E-state index contributed by atoms with van der Waals surface area (Å²) in [6.07, 6.45) is 2.60. The molecule has 0 heterocycles. The van der Waals surface area contributed by atoms with E-state index in [4.69, 9.17) is 11.6 Å². The second-order valence-electron chi connectivity index (χ2n) is 6.74. The number of hydrogen-bond donors (Lipinski definition) is 1. The molecule has 0 radical (unpaired) electrons. The molecular weight excluding hydrogens is 254 g/mol. The van der Waals surface area contributed by atoms with Gasteiger partial charge in [0.25, 0.3) is 0 Å². The average molecular weight is 280 g/mol. The van der Waals surface area contributed by atoms with Gasteiger partial charge in [0.15, 0.2) is 0 Å². The van der Waals surface area contributed by atoms with Gasteiger partial charge in [-0.25, -0.2) is 0 Å². The van der Waals surface area contributed by atoms with Gasteiger partial charge in [0, 0.05) is 23.0 Å². The van der Waals surface area contributed by atoms with Gasteiger partial charge in [-0.2, -0.15) is 0 Å². The first-order chi connectivity index (χ1) is 8.93. The third-order valence-corrected chi connectivity index (χ3v) is 4.81. The number of halogens is 1. The molecule has 1 aliphatic carbocycles. The van der Waals surface area contributed by atoms with E-state index < -0.39 is 0 Å². The number of benzene rings is 1. The molecule has 1 N–H and O–H groups in total. The van der Waals surface area contributed by atoms with E-state index in [1.807, 2.05) is 12.1 Å². The van der Waals surface area contributed by atoms with Crippen molar-refractivity contribution in [2.75, 3.05) is 6.54 Å². The lowest BCUT2D eigenvalue weighted by Gasteiger charge is -2.50. The first kappa shape index (κ1) is 14.9. The molecule has 0 unspecified atom stereocenters. The molecule has 0 amide bonds. The first-order valence-corrected chi connectivity index (χ1v) is 7.80. The zero-order chi connectivity index (χ0) is 14.0. The SMILES string of the molecule is CC(C)NCC1(c2ccc(Cl)cc2)CC(C(C)C)C1. The Bertz CT molecular complexity index is 396. The lowest BCUT2D eigenvalue weighted by Crippen LogP contribution is -2.51. The summed E-state index contributed by atoms with van der Waals surface area (Å²) in [5, 5.41) is 4.46. The summed E-state index contributed by atoms with van der Waals surface area (Å²) in [6, 6.07) is 9.01. The van der Waals surface area contributed by atoms with Crippen LogP contribution in [0.3, 0.4) is 0 Å². The summed E-state index contributed by atoms with van der Waals surface area (Å²) in [4.78, 5) is 0. The largest absolute Gasteiger partial charge is 0.314 e. The molecule has 0 spiro atoms. The normalized spacial score (nSPS) is 26.8. The lowest BCUT2D eigenvalue weighted by molar-refractivity contribution is 0.0958. The third-order valence-electron chi connectivity index (χ3n) is 4.55. The van der Waals surface area contributed by atoms with E-state index in [2.05, 4.69) is 45.1 Å². The smallest absolute Gasteiger partial charge is 0.0406 e. The van der Waals surface area contributed by atoms with Gasteiger partial charge >= 0.3 is 0 Å². The maximum atomic E-state index is 6.01. The number of nitrogens with one attached hydrogen (secondary N) is 1. The van der Waals surface area contributed by atoms with Crippen molar-refractivity contribution in [3.05, 3.63) is 34.9 Å². The summed E-state index contributed by atoms with van der Waals surface area (Å²) in [6.45, 7) is 10.2. The molecule has 0 aromatic heterocycles. The minimum Gasteiger partial charge on any atom is -0.314 e. The van der Waals surface area contributed by atoms with Crippen LogP contribution in [0.5, 0.6) is 0 Å². The van der Waals surface area contributed by atoms with Crippen molar-refractivity contribution in [2.45, 2.75) is 52.0 Å². The van der Waals surface area contributed by atoms with Gasteiger partial charge in [0.2, 0.25) is 0 Å². The van der Waals surface area contributed by atoms with Gasteiger partial charge in [-0.05, 0) is 42.4 Å². The highest BCUT2D eigenvalue weighted by molar-refractivity contribution is 6.30. The van der Waals surface area contributed by atoms with Crippen molar-refractivity contribution >= 4 is 11.6 Å². The molecule has 1 fully saturated rings. The van der Waals surface area contributed by atoms with E-state index in [9.17, 15) is 0 Å². The lowest BCUT2D eigenvalue weighted by atomic mass is 9.56. The van der Waals surface area contributed by atoms with E-state index >= 15 is 0 Å². The van der Waals surface area contributed by atoms with Crippen molar-refractivity contribution in [1.29, 1.82) is 0 Å². The molecule has 0 bridgehead atoms. The fourth-order valence-corrected chi connectivity index (χ4v) is 3.23. The molecule has 1 aliphatic rings. The van der Waals surface area contributed by atoms with Crippen LogP contribution in [0.1, 0.15) is 46.1 Å². The molecule has 0 aliphatic heterocycles. The van der Waals surface area contributed by atoms with Gasteiger partial charge in [-0.3, -0.25) is 0 Å². The van der Waals surface area contributed by atoms with Crippen molar-refractivity contribution < 1.29 is 0 Å². The van der Waals surface area contributed by atoms with E-state index in [1.165, 1.54) is 18.4 Å². The van der Waals surface area contributed by atoms with Crippen LogP contribution < -0.4 is 5.32 Å². The zero-order valence-corrected chi connectivity index (χ0v) is 13.3. The first-order valence-electron chi connectivity index (χ1n) is 7.42. The highest BCUT2D eigenvalue weighted by atomic mass is 35.5. The molecule has 2 heteroatoms. The average Bonchev–Trinajstić information content (AvgIpc) is 2.28. The minimum atomic E-state index is 0.323. The minimum absolute atomic E-state index is 0.323. The fourth-order valence-electron chi connectivity index (χ4n) is 3.10. The summed E-state index contributed by atoms with van der Waals surface area (Å²) < 4.78 is 0. The van der Waals surface area contributed by atoms with Crippen molar-refractivity contribution in [3.63, 3.8) is 0 Å². The Labute approximate surface area is 122 Å². The molecule has 106 valence electrons. The molecule has 1 aromatic rings. The monoisotopic (exact) mass is 279 g/mol. The Balaban J connectivity index is 2.14. The molecular formula is C17H26ClN. The van der Waals surface area contributed by atoms with Gasteiger partial charge in [-0.1, -0.05) is 51.4 Å². The van der Waals surface area contributed by atoms with Crippen LogP contribution in [-0.2, 0) is 5.41 Å². The molecule has 1 nitrogen and oxygen atoms in total. The predicted molar refractivity (Wildman–Crippen MR) is 83.8 cm³/mol. The van der Waals surface area contributed by atoms with Crippen LogP contribution in [0.25, 0.3) is 0 Å². The molecule has 1 aromatic carbocycles. The topological polar surface area (TPSA) is 12.0 Å². The van der Waals surface area contributed by atoms with Crippen molar-refractivity contribution in [2.24, 2.45) is 11.8 Å². The summed E-state index contributed by atoms with van der Waals surface area (Å²) >= 11 is 6.01. The van der Waals surface area contributed by atoms with E-state index in [-0.39, 0.29) is 0 Å². The Morgan fingerprint density at radius 2 is 1.74 bits per heavy atom. The second kappa shape index (κ2) is 5.85. The highest BCUT2D eigenvalue weighted by Gasteiger charge is 2.45. The van der Waals surface area contributed by atoms with Crippen molar-refractivity contribution in [1.82, 2.24) is 5.32 Å². The van der Waals surface area contributed by atoms with Crippen LogP contribution in [-0.4, -0.2) is 12.6 Å². The maximum Gasteiger partial charge on any atom is 0.0406 e. The van der Waals surface area contributed by atoms with E-state index in [0.717, 1.165) is 23.4 Å². The number of hydrogen-bond acceptors (Lipinski definition) is 1. The quantitative estimate of drug-likeness (QED) is 0.828.